The zero-order valence-electron chi connectivity index (χ0n) is 10.5. The SMILES string of the molecule is CC(C)(C)N1CCN(C2COC(=O)C2)CC1. The van der Waals surface area contributed by atoms with Gasteiger partial charge in [-0.15, -0.1) is 0 Å². The van der Waals surface area contributed by atoms with Gasteiger partial charge in [0.25, 0.3) is 0 Å². The number of hydrogen-bond donors (Lipinski definition) is 0. The van der Waals surface area contributed by atoms with E-state index < -0.39 is 0 Å². The summed E-state index contributed by atoms with van der Waals surface area (Å²) in [7, 11) is 0. The van der Waals surface area contributed by atoms with E-state index in [1.54, 1.807) is 0 Å². The second kappa shape index (κ2) is 4.34. The van der Waals surface area contributed by atoms with Crippen molar-refractivity contribution in [2.75, 3.05) is 32.8 Å². The zero-order chi connectivity index (χ0) is 11.8. The van der Waals surface area contributed by atoms with Crippen LogP contribution in [0.15, 0.2) is 0 Å². The van der Waals surface area contributed by atoms with Crippen LogP contribution in [0.25, 0.3) is 0 Å². The maximum atomic E-state index is 11.1. The van der Waals surface area contributed by atoms with Crippen molar-refractivity contribution in [1.29, 1.82) is 0 Å². The molecule has 0 amide bonds. The molecule has 0 aliphatic carbocycles. The fraction of sp³-hybridized carbons (Fsp3) is 0.917. The molecule has 0 radical (unpaired) electrons. The molecule has 0 bridgehead atoms. The molecule has 1 atom stereocenters. The topological polar surface area (TPSA) is 32.8 Å². The van der Waals surface area contributed by atoms with E-state index in [1.807, 2.05) is 0 Å². The van der Waals surface area contributed by atoms with Gasteiger partial charge in [-0.2, -0.15) is 0 Å². The molecule has 0 aromatic carbocycles. The highest BCUT2D eigenvalue weighted by atomic mass is 16.5. The summed E-state index contributed by atoms with van der Waals surface area (Å²) < 4.78 is 5.02. The van der Waals surface area contributed by atoms with Gasteiger partial charge in [0, 0.05) is 31.7 Å². The summed E-state index contributed by atoms with van der Waals surface area (Å²) in [5.41, 5.74) is 0.258. The molecule has 2 saturated heterocycles. The van der Waals surface area contributed by atoms with Crippen LogP contribution < -0.4 is 0 Å². The standard InChI is InChI=1S/C12H22N2O2/c1-12(2,3)14-6-4-13(5-7-14)10-8-11(15)16-9-10/h10H,4-9H2,1-3H3. The molecule has 0 N–H and O–H groups in total. The maximum absolute atomic E-state index is 11.1. The van der Waals surface area contributed by atoms with Crippen molar-refractivity contribution in [2.45, 2.75) is 38.8 Å². The lowest BCUT2D eigenvalue weighted by atomic mass is 10.0. The summed E-state index contributed by atoms with van der Waals surface area (Å²) in [5, 5.41) is 0. The molecule has 0 aromatic heterocycles. The molecule has 0 spiro atoms. The van der Waals surface area contributed by atoms with E-state index in [0.717, 1.165) is 26.2 Å². The Hall–Kier alpha value is -0.610. The Morgan fingerprint density at radius 3 is 2.25 bits per heavy atom. The third-order valence-electron chi connectivity index (χ3n) is 3.62. The van der Waals surface area contributed by atoms with Crippen LogP contribution in [0, 0.1) is 0 Å². The highest BCUT2D eigenvalue weighted by molar-refractivity contribution is 5.72. The van der Waals surface area contributed by atoms with Crippen molar-refractivity contribution in [3.05, 3.63) is 0 Å². The summed E-state index contributed by atoms with van der Waals surface area (Å²) in [6.07, 6.45) is 0.579. The first-order valence-electron chi connectivity index (χ1n) is 6.11. The van der Waals surface area contributed by atoms with Gasteiger partial charge in [0.05, 0.1) is 12.5 Å². The van der Waals surface area contributed by atoms with Crippen molar-refractivity contribution >= 4 is 5.97 Å². The number of hydrogen-bond acceptors (Lipinski definition) is 4. The maximum Gasteiger partial charge on any atom is 0.307 e. The van der Waals surface area contributed by atoms with Gasteiger partial charge < -0.3 is 4.74 Å². The normalized spacial score (nSPS) is 29.4. The molecule has 2 rings (SSSR count). The molecule has 1 unspecified atom stereocenters. The summed E-state index contributed by atoms with van der Waals surface area (Å²) >= 11 is 0. The predicted molar refractivity (Wildman–Crippen MR) is 62.3 cm³/mol. The van der Waals surface area contributed by atoms with E-state index >= 15 is 0 Å². The van der Waals surface area contributed by atoms with Gasteiger partial charge in [0.15, 0.2) is 0 Å². The lowest BCUT2D eigenvalue weighted by molar-refractivity contribution is -0.137. The summed E-state index contributed by atoms with van der Waals surface area (Å²) in [4.78, 5) is 16.0. The van der Waals surface area contributed by atoms with Gasteiger partial charge in [0.1, 0.15) is 6.61 Å². The second-order valence-electron chi connectivity index (χ2n) is 5.73. The molecular formula is C12H22N2O2. The van der Waals surface area contributed by atoms with E-state index in [2.05, 4.69) is 30.6 Å². The Morgan fingerprint density at radius 1 is 1.19 bits per heavy atom. The van der Waals surface area contributed by atoms with E-state index in [-0.39, 0.29) is 11.5 Å². The summed E-state index contributed by atoms with van der Waals surface area (Å²) in [5.74, 6) is -0.0387. The first-order chi connectivity index (χ1) is 7.47. The average Bonchev–Trinajstić information content (AvgIpc) is 2.64. The van der Waals surface area contributed by atoms with Crippen LogP contribution in [0.5, 0.6) is 0 Å². The molecule has 4 heteroatoms. The van der Waals surface area contributed by atoms with Crippen molar-refractivity contribution in [3.8, 4) is 0 Å². The lowest BCUT2D eigenvalue weighted by Gasteiger charge is -2.43. The van der Waals surface area contributed by atoms with Crippen molar-refractivity contribution in [2.24, 2.45) is 0 Å². The van der Waals surface area contributed by atoms with Gasteiger partial charge in [-0.05, 0) is 20.8 Å². The van der Waals surface area contributed by atoms with Crippen molar-refractivity contribution in [1.82, 2.24) is 9.80 Å². The monoisotopic (exact) mass is 226 g/mol. The zero-order valence-corrected chi connectivity index (χ0v) is 10.5. The van der Waals surface area contributed by atoms with Crippen LogP contribution in [-0.4, -0.2) is 60.1 Å². The Balaban J connectivity index is 1.83. The van der Waals surface area contributed by atoms with Gasteiger partial charge >= 0.3 is 5.97 Å². The Bertz CT molecular complexity index is 265. The average molecular weight is 226 g/mol. The van der Waals surface area contributed by atoms with Gasteiger partial charge in [0.2, 0.25) is 0 Å². The second-order valence-corrected chi connectivity index (χ2v) is 5.73. The number of piperazine rings is 1. The molecule has 16 heavy (non-hydrogen) atoms. The van der Waals surface area contributed by atoms with E-state index in [1.165, 1.54) is 0 Å². The Morgan fingerprint density at radius 2 is 1.81 bits per heavy atom. The highest BCUT2D eigenvalue weighted by Crippen LogP contribution is 2.20. The molecule has 4 nitrogen and oxygen atoms in total. The van der Waals surface area contributed by atoms with Crippen LogP contribution in [0.2, 0.25) is 0 Å². The number of carbonyl (C=O) groups is 1. The molecule has 2 aliphatic rings. The number of rotatable bonds is 1. The fourth-order valence-electron chi connectivity index (χ4n) is 2.49. The van der Waals surface area contributed by atoms with Gasteiger partial charge in [-0.3, -0.25) is 14.6 Å². The smallest absolute Gasteiger partial charge is 0.307 e. The number of ether oxygens (including phenoxy) is 1. The third kappa shape index (κ3) is 2.55. The summed E-state index contributed by atoms with van der Waals surface area (Å²) in [6.45, 7) is 11.6. The molecule has 0 saturated carbocycles. The van der Waals surface area contributed by atoms with Crippen LogP contribution in [0.4, 0.5) is 0 Å². The van der Waals surface area contributed by atoms with Crippen LogP contribution in [-0.2, 0) is 9.53 Å². The lowest BCUT2D eigenvalue weighted by Crippen LogP contribution is -2.55. The van der Waals surface area contributed by atoms with Crippen molar-refractivity contribution < 1.29 is 9.53 Å². The molecule has 92 valence electrons. The molecular weight excluding hydrogens is 204 g/mol. The third-order valence-corrected chi connectivity index (χ3v) is 3.62. The van der Waals surface area contributed by atoms with Crippen LogP contribution >= 0.6 is 0 Å². The Labute approximate surface area is 97.5 Å². The number of esters is 1. The quantitative estimate of drug-likeness (QED) is 0.617. The van der Waals surface area contributed by atoms with Gasteiger partial charge in [-0.25, -0.2) is 0 Å². The molecule has 2 fully saturated rings. The number of nitrogens with zero attached hydrogens (tertiary/aromatic N) is 2. The van der Waals surface area contributed by atoms with E-state index in [4.69, 9.17) is 4.74 Å². The van der Waals surface area contributed by atoms with Crippen molar-refractivity contribution in [3.63, 3.8) is 0 Å². The highest BCUT2D eigenvalue weighted by Gasteiger charge is 2.33. The minimum absolute atomic E-state index is 0.0387. The predicted octanol–water partition coefficient (Wildman–Crippen LogP) is 0.718. The van der Waals surface area contributed by atoms with Crippen LogP contribution in [0.3, 0.4) is 0 Å². The Kier molecular flexibility index (Phi) is 3.22. The molecule has 2 heterocycles. The first-order valence-corrected chi connectivity index (χ1v) is 6.11. The minimum Gasteiger partial charge on any atom is -0.464 e. The van der Waals surface area contributed by atoms with E-state index in [9.17, 15) is 4.79 Å². The largest absolute Gasteiger partial charge is 0.464 e. The minimum atomic E-state index is -0.0387. The molecule has 0 aromatic rings. The van der Waals surface area contributed by atoms with Gasteiger partial charge in [-0.1, -0.05) is 0 Å². The fourth-order valence-corrected chi connectivity index (χ4v) is 2.49. The number of carbonyl (C=O) groups excluding carboxylic acids is 1. The molecule has 2 aliphatic heterocycles. The van der Waals surface area contributed by atoms with Crippen LogP contribution in [0.1, 0.15) is 27.2 Å². The summed E-state index contributed by atoms with van der Waals surface area (Å²) in [6, 6.07) is 0.328. The first kappa shape index (κ1) is 11.9. The van der Waals surface area contributed by atoms with E-state index in [0.29, 0.717) is 19.1 Å². The number of cyclic esters (lactones) is 1.